The van der Waals surface area contributed by atoms with Gasteiger partial charge in [0.1, 0.15) is 5.69 Å². The number of nitrogens with zero attached hydrogens (tertiary/aromatic N) is 2. The van der Waals surface area contributed by atoms with E-state index in [1.165, 1.54) is 17.2 Å². The maximum Gasteiger partial charge on any atom is 0.354 e. The highest BCUT2D eigenvalue weighted by atomic mass is 16.4. The van der Waals surface area contributed by atoms with Crippen LogP contribution in [0, 0.1) is 0 Å². The van der Waals surface area contributed by atoms with Gasteiger partial charge in [0.2, 0.25) is 0 Å². The van der Waals surface area contributed by atoms with E-state index in [-0.39, 0.29) is 37.6 Å². The normalized spacial score (nSPS) is 10.1. The second kappa shape index (κ2) is 6.67. The van der Waals surface area contributed by atoms with Crippen LogP contribution < -0.4 is 0 Å². The van der Waals surface area contributed by atoms with Crippen molar-refractivity contribution in [2.24, 2.45) is 0 Å². The molecular formula is C11H14N2O5. The van der Waals surface area contributed by atoms with Crippen LogP contribution in [0.3, 0.4) is 0 Å². The molecule has 18 heavy (non-hydrogen) atoms. The number of rotatable bonds is 6. The molecular weight excluding hydrogens is 240 g/mol. The number of hydrogen-bond acceptors (Lipinski definition) is 5. The highest BCUT2D eigenvalue weighted by molar-refractivity contribution is 5.96. The Morgan fingerprint density at radius 1 is 1.22 bits per heavy atom. The SMILES string of the molecule is O=C(O)c1cc(C(=O)N(CCO)CCO)ccn1. The first kappa shape index (κ1) is 14.1. The molecule has 0 aliphatic carbocycles. The molecule has 0 saturated heterocycles. The number of amides is 1. The van der Waals surface area contributed by atoms with Gasteiger partial charge in [0, 0.05) is 24.8 Å². The zero-order valence-corrected chi connectivity index (χ0v) is 9.61. The molecule has 1 aromatic heterocycles. The van der Waals surface area contributed by atoms with E-state index in [1.807, 2.05) is 0 Å². The summed E-state index contributed by atoms with van der Waals surface area (Å²) in [4.78, 5) is 27.6. The molecule has 0 radical (unpaired) electrons. The standard InChI is InChI=1S/C11H14N2O5/c14-5-3-13(4-6-15)10(16)8-1-2-12-9(7-8)11(17)18/h1-2,7,14-15H,3-6H2,(H,17,18). The number of pyridine rings is 1. The van der Waals surface area contributed by atoms with Crippen molar-refractivity contribution in [3.8, 4) is 0 Å². The summed E-state index contributed by atoms with van der Waals surface area (Å²) >= 11 is 0. The molecule has 1 amide bonds. The van der Waals surface area contributed by atoms with Crippen molar-refractivity contribution in [3.05, 3.63) is 29.6 Å². The van der Waals surface area contributed by atoms with E-state index in [0.717, 1.165) is 6.07 Å². The van der Waals surface area contributed by atoms with Gasteiger partial charge in [-0.25, -0.2) is 9.78 Å². The van der Waals surface area contributed by atoms with Gasteiger partial charge in [0.15, 0.2) is 0 Å². The first-order chi connectivity index (χ1) is 8.60. The van der Waals surface area contributed by atoms with Crippen molar-refractivity contribution in [1.82, 2.24) is 9.88 Å². The number of carbonyl (C=O) groups excluding carboxylic acids is 1. The van der Waals surface area contributed by atoms with Crippen molar-refractivity contribution in [1.29, 1.82) is 0 Å². The predicted molar refractivity (Wildman–Crippen MR) is 61.3 cm³/mol. The van der Waals surface area contributed by atoms with Gasteiger partial charge in [0.05, 0.1) is 13.2 Å². The lowest BCUT2D eigenvalue weighted by atomic mass is 10.2. The molecule has 7 heteroatoms. The Bertz CT molecular complexity index is 429. The van der Waals surface area contributed by atoms with Crippen LogP contribution in [0.25, 0.3) is 0 Å². The monoisotopic (exact) mass is 254 g/mol. The molecule has 0 saturated carbocycles. The van der Waals surface area contributed by atoms with Crippen LogP contribution in [0.5, 0.6) is 0 Å². The summed E-state index contributed by atoms with van der Waals surface area (Å²) in [5, 5.41) is 26.4. The zero-order chi connectivity index (χ0) is 13.5. The summed E-state index contributed by atoms with van der Waals surface area (Å²) in [5.41, 5.74) is -0.0712. The molecule has 0 atom stereocenters. The van der Waals surface area contributed by atoms with E-state index >= 15 is 0 Å². The molecule has 0 bridgehead atoms. The van der Waals surface area contributed by atoms with E-state index < -0.39 is 11.9 Å². The van der Waals surface area contributed by atoms with Crippen LogP contribution in [0.1, 0.15) is 20.8 Å². The zero-order valence-electron chi connectivity index (χ0n) is 9.61. The molecule has 1 aromatic rings. The minimum atomic E-state index is -1.22. The van der Waals surface area contributed by atoms with Crippen LogP contribution >= 0.6 is 0 Å². The first-order valence-corrected chi connectivity index (χ1v) is 5.30. The van der Waals surface area contributed by atoms with E-state index in [1.54, 1.807) is 0 Å². The summed E-state index contributed by atoms with van der Waals surface area (Å²) < 4.78 is 0. The van der Waals surface area contributed by atoms with Crippen molar-refractivity contribution in [3.63, 3.8) is 0 Å². The van der Waals surface area contributed by atoms with E-state index in [2.05, 4.69) is 4.98 Å². The highest BCUT2D eigenvalue weighted by Crippen LogP contribution is 2.06. The highest BCUT2D eigenvalue weighted by Gasteiger charge is 2.16. The molecule has 1 rings (SSSR count). The number of aromatic carboxylic acids is 1. The van der Waals surface area contributed by atoms with Crippen LogP contribution in [0.2, 0.25) is 0 Å². The third kappa shape index (κ3) is 3.51. The molecule has 0 aliphatic rings. The lowest BCUT2D eigenvalue weighted by Gasteiger charge is -2.20. The molecule has 3 N–H and O–H groups in total. The molecule has 0 fully saturated rings. The van der Waals surface area contributed by atoms with Crippen LogP contribution in [-0.4, -0.2) is 63.4 Å². The molecule has 1 heterocycles. The largest absolute Gasteiger partial charge is 0.477 e. The Balaban J connectivity index is 2.93. The number of carboxylic acids is 1. The van der Waals surface area contributed by atoms with Gasteiger partial charge in [-0.05, 0) is 12.1 Å². The van der Waals surface area contributed by atoms with E-state index in [4.69, 9.17) is 15.3 Å². The predicted octanol–water partition coefficient (Wildman–Crippen LogP) is -0.793. The Labute approximate surface area is 103 Å². The number of aliphatic hydroxyl groups is 2. The summed E-state index contributed by atoms with van der Waals surface area (Å²) in [6, 6.07) is 2.54. The topological polar surface area (TPSA) is 111 Å². The summed E-state index contributed by atoms with van der Waals surface area (Å²) in [7, 11) is 0. The van der Waals surface area contributed by atoms with Gasteiger partial charge >= 0.3 is 5.97 Å². The maximum absolute atomic E-state index is 12.0. The average molecular weight is 254 g/mol. The summed E-state index contributed by atoms with van der Waals surface area (Å²) in [6.07, 6.45) is 1.23. The first-order valence-electron chi connectivity index (χ1n) is 5.30. The average Bonchev–Trinajstić information content (AvgIpc) is 2.38. The molecule has 0 unspecified atom stereocenters. The second-order valence-corrected chi connectivity index (χ2v) is 3.47. The Hall–Kier alpha value is -1.99. The Morgan fingerprint density at radius 2 is 1.83 bits per heavy atom. The third-order valence-electron chi connectivity index (χ3n) is 2.25. The van der Waals surface area contributed by atoms with E-state index in [0.29, 0.717) is 0 Å². The van der Waals surface area contributed by atoms with Crippen LogP contribution in [0.4, 0.5) is 0 Å². The lowest BCUT2D eigenvalue weighted by molar-refractivity contribution is 0.0683. The second-order valence-electron chi connectivity index (χ2n) is 3.47. The Morgan fingerprint density at radius 3 is 2.33 bits per heavy atom. The summed E-state index contributed by atoms with van der Waals surface area (Å²) in [5.74, 6) is -1.68. The molecule has 0 aromatic carbocycles. The van der Waals surface area contributed by atoms with Crippen LogP contribution in [0.15, 0.2) is 18.3 Å². The molecule has 0 aliphatic heterocycles. The number of aromatic nitrogens is 1. The van der Waals surface area contributed by atoms with Crippen molar-refractivity contribution >= 4 is 11.9 Å². The fourth-order valence-electron chi connectivity index (χ4n) is 1.42. The Kier molecular flexibility index (Phi) is 5.22. The van der Waals surface area contributed by atoms with Gasteiger partial charge in [-0.15, -0.1) is 0 Å². The minimum absolute atomic E-state index is 0.0735. The van der Waals surface area contributed by atoms with Gasteiger partial charge < -0.3 is 20.2 Å². The maximum atomic E-state index is 12.0. The molecule has 0 spiro atoms. The fourth-order valence-corrected chi connectivity index (χ4v) is 1.42. The minimum Gasteiger partial charge on any atom is -0.477 e. The lowest BCUT2D eigenvalue weighted by Crippen LogP contribution is -2.36. The van der Waals surface area contributed by atoms with Gasteiger partial charge in [-0.3, -0.25) is 4.79 Å². The molecule has 98 valence electrons. The van der Waals surface area contributed by atoms with Crippen molar-refractivity contribution in [2.45, 2.75) is 0 Å². The quantitative estimate of drug-likeness (QED) is 0.613. The number of carboxylic acid groups (broad SMARTS) is 1. The van der Waals surface area contributed by atoms with E-state index in [9.17, 15) is 9.59 Å². The third-order valence-corrected chi connectivity index (χ3v) is 2.25. The van der Waals surface area contributed by atoms with Crippen molar-refractivity contribution in [2.75, 3.05) is 26.3 Å². The number of hydrogen-bond donors (Lipinski definition) is 3. The van der Waals surface area contributed by atoms with Gasteiger partial charge in [-0.1, -0.05) is 0 Å². The van der Waals surface area contributed by atoms with Crippen molar-refractivity contribution < 1.29 is 24.9 Å². The molecule has 7 nitrogen and oxygen atoms in total. The summed E-state index contributed by atoms with van der Waals surface area (Å²) in [6.45, 7) is -0.320. The fraction of sp³-hybridized carbons (Fsp3) is 0.364. The smallest absolute Gasteiger partial charge is 0.354 e. The van der Waals surface area contributed by atoms with Crippen LogP contribution in [-0.2, 0) is 0 Å². The number of aliphatic hydroxyl groups excluding tert-OH is 2. The van der Waals surface area contributed by atoms with Gasteiger partial charge in [0.25, 0.3) is 5.91 Å². The number of carbonyl (C=O) groups is 2. The van der Waals surface area contributed by atoms with Gasteiger partial charge in [-0.2, -0.15) is 0 Å².